The molecule has 292 valence electrons. The highest BCUT2D eigenvalue weighted by Crippen LogP contribution is 2.48. The summed E-state index contributed by atoms with van der Waals surface area (Å²) in [6, 6.07) is 66.7. The molecule has 6 unspecified atom stereocenters. The van der Waals surface area contributed by atoms with Gasteiger partial charge in [0.1, 0.15) is 0 Å². The third-order valence-corrected chi connectivity index (χ3v) is 13.3. The van der Waals surface area contributed by atoms with Crippen LogP contribution >= 0.6 is 0 Å². The zero-order valence-corrected chi connectivity index (χ0v) is 34.6. The molecule has 0 bridgehead atoms. The number of nitrogens with zero attached hydrogens (tertiary/aromatic N) is 2. The Morgan fingerprint density at radius 2 is 1.14 bits per heavy atom. The Kier molecular flexibility index (Phi) is 11.3. The second kappa shape index (κ2) is 17.4. The van der Waals surface area contributed by atoms with Crippen LogP contribution in [-0.2, 0) is 0 Å². The molecule has 0 spiro atoms. The molecule has 7 aromatic rings. The van der Waals surface area contributed by atoms with Crippen molar-refractivity contribution in [3.05, 3.63) is 221 Å². The van der Waals surface area contributed by atoms with Crippen molar-refractivity contribution in [3.8, 4) is 11.1 Å². The molecule has 2 aliphatic heterocycles. The Hall–Kier alpha value is -6.12. The molecule has 9 rings (SSSR count). The van der Waals surface area contributed by atoms with Gasteiger partial charge in [-0.15, -0.1) is 0 Å². The molecule has 2 heteroatoms. The second-order valence-electron chi connectivity index (χ2n) is 16.7. The quantitative estimate of drug-likeness (QED) is 0.147. The summed E-state index contributed by atoms with van der Waals surface area (Å²) in [4.78, 5) is 11.5. The Balaban J connectivity index is 1.15. The van der Waals surface area contributed by atoms with E-state index in [0.717, 1.165) is 37.0 Å². The van der Waals surface area contributed by atoms with Gasteiger partial charge in [0.15, 0.2) is 0 Å². The van der Waals surface area contributed by atoms with Crippen molar-refractivity contribution in [2.75, 3.05) is 0 Å². The summed E-state index contributed by atoms with van der Waals surface area (Å²) in [6.07, 6.45) is 6.43. The average Bonchev–Trinajstić information content (AvgIpc) is 3.40. The molecule has 6 atom stereocenters. The Labute approximate surface area is 351 Å². The van der Waals surface area contributed by atoms with E-state index < -0.39 is 0 Å². The molecule has 0 aromatic heterocycles. The zero-order valence-electron chi connectivity index (χ0n) is 34.6. The third-order valence-electron chi connectivity index (χ3n) is 13.3. The molecule has 59 heavy (non-hydrogen) atoms. The van der Waals surface area contributed by atoms with Gasteiger partial charge in [-0.2, -0.15) is 0 Å². The smallest absolute Gasteiger partial charge is 0.0780 e. The molecule has 0 saturated carbocycles. The van der Waals surface area contributed by atoms with Crippen LogP contribution in [0.3, 0.4) is 0 Å². The summed E-state index contributed by atoms with van der Waals surface area (Å²) in [5, 5.41) is 2.52. The standard InChI is InChI=1S/C57H54N2/c1-4-49-54(44-25-13-7-14-26-44)39(2)40(3)56(59-57(49)46-27-15-8-16-28-46)47-34-32-45(33-35-47)55-50-30-18-17-22-42(50)36-37-51(55)52-31-19-29-48(41-20-9-5-10-21-41)38-53(58-52)43-23-11-6-12-24-43/h5-18,20-28,30,32-40,49,52,54,56H,4,19,29,31H2,1-3H3/b48-38+,58-53?. The van der Waals surface area contributed by atoms with Crippen LogP contribution in [0, 0.1) is 17.8 Å². The lowest BCUT2D eigenvalue weighted by Crippen LogP contribution is -2.28. The number of aliphatic imine (C=N–C) groups is 2. The van der Waals surface area contributed by atoms with E-state index in [9.17, 15) is 0 Å². The lowest BCUT2D eigenvalue weighted by atomic mass is 9.69. The second-order valence-corrected chi connectivity index (χ2v) is 16.7. The molecule has 7 aromatic carbocycles. The monoisotopic (exact) mass is 766 g/mol. The van der Waals surface area contributed by atoms with Crippen molar-refractivity contribution >= 4 is 27.8 Å². The number of fused-ring (bicyclic) bond motifs is 1. The predicted molar refractivity (Wildman–Crippen MR) is 250 cm³/mol. The van der Waals surface area contributed by atoms with E-state index >= 15 is 0 Å². The van der Waals surface area contributed by atoms with E-state index in [-0.39, 0.29) is 12.1 Å². The fourth-order valence-corrected chi connectivity index (χ4v) is 10.0. The van der Waals surface area contributed by atoms with Gasteiger partial charge in [0.25, 0.3) is 0 Å². The van der Waals surface area contributed by atoms with Crippen molar-refractivity contribution in [1.82, 2.24) is 0 Å². The first-order valence-electron chi connectivity index (χ1n) is 21.8. The van der Waals surface area contributed by atoms with Crippen molar-refractivity contribution in [2.45, 2.75) is 64.5 Å². The fourth-order valence-electron chi connectivity index (χ4n) is 10.0. The minimum absolute atomic E-state index is 0.0136. The molecule has 0 radical (unpaired) electrons. The van der Waals surface area contributed by atoms with Gasteiger partial charge in [-0.05, 0) is 110 Å². The third kappa shape index (κ3) is 7.89. The molecule has 0 saturated heterocycles. The van der Waals surface area contributed by atoms with E-state index in [4.69, 9.17) is 9.98 Å². The molecule has 0 aliphatic carbocycles. The average molecular weight is 767 g/mol. The number of hydrogen-bond donors (Lipinski definition) is 0. The highest BCUT2D eigenvalue weighted by Gasteiger charge is 2.40. The van der Waals surface area contributed by atoms with Gasteiger partial charge in [-0.3, -0.25) is 9.98 Å². The Morgan fingerprint density at radius 1 is 0.525 bits per heavy atom. The molecular formula is C57H54N2. The van der Waals surface area contributed by atoms with Crippen LogP contribution in [0.5, 0.6) is 0 Å². The highest BCUT2D eigenvalue weighted by atomic mass is 14.8. The van der Waals surface area contributed by atoms with Gasteiger partial charge in [-0.25, -0.2) is 0 Å². The van der Waals surface area contributed by atoms with Gasteiger partial charge >= 0.3 is 0 Å². The van der Waals surface area contributed by atoms with E-state index in [2.05, 4.69) is 209 Å². The van der Waals surface area contributed by atoms with Gasteiger partial charge < -0.3 is 0 Å². The summed E-state index contributed by atoms with van der Waals surface area (Å²) in [6.45, 7) is 7.24. The molecule has 2 nitrogen and oxygen atoms in total. The van der Waals surface area contributed by atoms with Crippen molar-refractivity contribution in [1.29, 1.82) is 0 Å². The topological polar surface area (TPSA) is 24.7 Å². The zero-order chi connectivity index (χ0) is 40.1. The van der Waals surface area contributed by atoms with Crippen LogP contribution < -0.4 is 0 Å². The van der Waals surface area contributed by atoms with Gasteiger partial charge in [-0.1, -0.05) is 203 Å². The lowest BCUT2D eigenvalue weighted by Gasteiger charge is -2.34. The van der Waals surface area contributed by atoms with Crippen molar-refractivity contribution in [2.24, 2.45) is 27.7 Å². The lowest BCUT2D eigenvalue weighted by molar-refractivity contribution is 0.266. The summed E-state index contributed by atoms with van der Waals surface area (Å²) < 4.78 is 0. The van der Waals surface area contributed by atoms with E-state index in [1.807, 2.05) is 0 Å². The maximum atomic E-state index is 5.80. The van der Waals surface area contributed by atoms with Crippen LogP contribution in [0.25, 0.3) is 27.5 Å². The molecule has 0 N–H and O–H groups in total. The number of hydrogen-bond acceptors (Lipinski definition) is 2. The van der Waals surface area contributed by atoms with Crippen LogP contribution in [0.4, 0.5) is 0 Å². The van der Waals surface area contributed by atoms with E-state index in [1.54, 1.807) is 0 Å². The van der Waals surface area contributed by atoms with Crippen molar-refractivity contribution in [3.63, 3.8) is 0 Å². The first-order valence-corrected chi connectivity index (χ1v) is 21.8. The first-order chi connectivity index (χ1) is 29.1. The van der Waals surface area contributed by atoms with E-state index in [0.29, 0.717) is 23.7 Å². The summed E-state index contributed by atoms with van der Waals surface area (Å²) in [5.41, 5.74) is 13.8. The van der Waals surface area contributed by atoms with Gasteiger partial charge in [0, 0.05) is 11.6 Å². The van der Waals surface area contributed by atoms with Crippen LogP contribution in [0.2, 0.25) is 0 Å². The molecule has 0 fully saturated rings. The van der Waals surface area contributed by atoms with E-state index in [1.165, 1.54) is 61.0 Å². The first kappa shape index (κ1) is 38.4. The van der Waals surface area contributed by atoms with Crippen LogP contribution in [-0.4, -0.2) is 11.4 Å². The number of benzene rings is 7. The minimum atomic E-state index is 0.0136. The van der Waals surface area contributed by atoms with Crippen LogP contribution in [0.15, 0.2) is 198 Å². The predicted octanol–water partition coefficient (Wildman–Crippen LogP) is 14.9. The fraction of sp³-hybridized carbons (Fsp3) is 0.228. The SMILES string of the molecule is CCC1C(c2ccccc2)=NC(c2ccc(-c3c(C4CCC/C(c5ccccc5)=C\C(c5ccccc5)=N4)ccc4ccccc34)cc2)C(C)C(C)C1c1ccccc1. The molecule has 2 heterocycles. The summed E-state index contributed by atoms with van der Waals surface area (Å²) >= 11 is 0. The largest absolute Gasteiger partial charge is 0.280 e. The van der Waals surface area contributed by atoms with Crippen LogP contribution in [0.1, 0.15) is 97.8 Å². The maximum Gasteiger partial charge on any atom is 0.0780 e. The normalized spacial score (nSPS) is 23.2. The molecule has 0 amide bonds. The molecular weight excluding hydrogens is 713 g/mol. The Morgan fingerprint density at radius 3 is 1.81 bits per heavy atom. The summed E-state index contributed by atoms with van der Waals surface area (Å²) in [7, 11) is 0. The summed E-state index contributed by atoms with van der Waals surface area (Å²) in [5.74, 6) is 1.46. The minimum Gasteiger partial charge on any atom is -0.280 e. The maximum absolute atomic E-state index is 5.80. The highest BCUT2D eigenvalue weighted by molar-refractivity contribution is 6.12. The number of rotatable bonds is 8. The number of allylic oxidation sites excluding steroid dienone is 2. The Bertz CT molecular complexity index is 2590. The van der Waals surface area contributed by atoms with Gasteiger partial charge in [0.2, 0.25) is 0 Å². The van der Waals surface area contributed by atoms with Gasteiger partial charge in [0.05, 0.1) is 17.8 Å². The van der Waals surface area contributed by atoms with Crippen molar-refractivity contribution < 1.29 is 0 Å². The molecule has 2 aliphatic rings.